The molecule has 0 saturated carbocycles. The molecule has 0 spiro atoms. The Morgan fingerprint density at radius 2 is 1.58 bits per heavy atom. The van der Waals surface area contributed by atoms with Gasteiger partial charge >= 0.3 is 0 Å². The van der Waals surface area contributed by atoms with Gasteiger partial charge in [-0.15, -0.1) is 0 Å². The maximum absolute atomic E-state index is 14.1. The Morgan fingerprint density at radius 1 is 1.00 bits per heavy atom. The number of halogens is 2. The summed E-state index contributed by atoms with van der Waals surface area (Å²) in [6.45, 7) is 12.8. The molecule has 0 aromatic carbocycles. The van der Waals surface area contributed by atoms with Crippen LogP contribution >= 0.6 is 11.6 Å². The van der Waals surface area contributed by atoms with E-state index in [0.29, 0.717) is 10.8 Å². The zero-order chi connectivity index (χ0) is 23.4. The molecule has 0 saturated heterocycles. The molecule has 2 rings (SSSR count). The van der Waals surface area contributed by atoms with Crippen molar-refractivity contribution >= 4 is 35.1 Å². The predicted octanol–water partition coefficient (Wildman–Crippen LogP) is 4.75. The molecule has 0 amide bonds. The number of nitrogen functional groups attached to an aromatic ring is 2. The van der Waals surface area contributed by atoms with Gasteiger partial charge in [-0.05, 0) is 30.6 Å². The summed E-state index contributed by atoms with van der Waals surface area (Å²) < 4.78 is 14.1. The van der Waals surface area contributed by atoms with Crippen molar-refractivity contribution < 1.29 is 4.39 Å². The van der Waals surface area contributed by atoms with E-state index in [1.165, 1.54) is 6.20 Å². The fraction of sp³-hybridized carbons (Fsp3) is 0.619. The van der Waals surface area contributed by atoms with E-state index in [2.05, 4.69) is 72.1 Å². The third-order valence-electron chi connectivity index (χ3n) is 5.72. The van der Waals surface area contributed by atoms with Gasteiger partial charge in [0, 0.05) is 12.1 Å². The van der Waals surface area contributed by atoms with Gasteiger partial charge in [-0.2, -0.15) is 9.97 Å². The Labute approximate surface area is 188 Å². The maximum atomic E-state index is 14.1. The summed E-state index contributed by atoms with van der Waals surface area (Å²) in [4.78, 5) is 15.8. The van der Waals surface area contributed by atoms with Crippen LogP contribution in [0.2, 0.25) is 5.02 Å². The molecule has 0 radical (unpaired) electrons. The lowest BCUT2D eigenvalue weighted by atomic mass is 9.78. The van der Waals surface area contributed by atoms with Crippen LogP contribution in [-0.2, 0) is 0 Å². The number of anilines is 4. The molecule has 0 aliphatic heterocycles. The van der Waals surface area contributed by atoms with Crippen LogP contribution in [-0.4, -0.2) is 32.0 Å². The summed E-state index contributed by atoms with van der Waals surface area (Å²) in [5, 5.41) is 7.01. The van der Waals surface area contributed by atoms with Crippen LogP contribution < -0.4 is 22.1 Å². The largest absolute Gasteiger partial charge is 0.368 e. The second-order valence-corrected chi connectivity index (χ2v) is 10.1. The normalized spacial score (nSPS) is 14.2. The minimum absolute atomic E-state index is 0.00599. The van der Waals surface area contributed by atoms with Crippen molar-refractivity contribution in [3.63, 3.8) is 0 Å². The fourth-order valence-corrected chi connectivity index (χ4v) is 3.38. The molecule has 2 atom stereocenters. The van der Waals surface area contributed by atoms with E-state index in [1.807, 2.05) is 0 Å². The SMILES string of the molecule is C[C@@H](Nc1nc(N)ncc1Cl)C(C)(C)CCC[C@@H](Nc1nc(N)ncc1F)C(C)(C)C. The molecule has 2 aromatic heterocycles. The number of hydrogen-bond acceptors (Lipinski definition) is 8. The zero-order valence-corrected chi connectivity index (χ0v) is 19.9. The highest BCUT2D eigenvalue weighted by Crippen LogP contribution is 2.34. The third kappa shape index (κ3) is 7.05. The second kappa shape index (κ2) is 9.80. The van der Waals surface area contributed by atoms with Crippen molar-refractivity contribution in [1.82, 2.24) is 19.9 Å². The van der Waals surface area contributed by atoms with Crippen molar-refractivity contribution in [2.24, 2.45) is 10.8 Å². The first-order chi connectivity index (χ1) is 14.3. The molecule has 0 aliphatic carbocycles. The molecule has 0 fully saturated rings. The van der Waals surface area contributed by atoms with Gasteiger partial charge in [0.2, 0.25) is 11.9 Å². The molecule has 0 unspecified atom stereocenters. The summed E-state index contributed by atoms with van der Waals surface area (Å²) in [6.07, 6.45) is 5.28. The lowest BCUT2D eigenvalue weighted by Gasteiger charge is -2.36. The quantitative estimate of drug-likeness (QED) is 0.429. The van der Waals surface area contributed by atoms with E-state index >= 15 is 0 Å². The van der Waals surface area contributed by atoms with E-state index in [4.69, 9.17) is 23.1 Å². The highest BCUT2D eigenvalue weighted by Gasteiger charge is 2.30. The first-order valence-corrected chi connectivity index (χ1v) is 10.8. The Bertz CT molecular complexity index is 884. The molecule has 6 N–H and O–H groups in total. The number of nitrogens with two attached hydrogens (primary N) is 2. The standard InChI is InChI=1S/C21H34ClFN8/c1-12(28-16-13(22)10-26-18(24)30-16)21(5,6)9-7-8-15(20(2,3)4)29-17-14(23)11-27-19(25)31-17/h10-12,15H,7-9H2,1-6H3,(H3,24,26,28,30)(H3,25,27,29,31)/t12-,15-/m1/s1. The Hall–Kier alpha value is -2.42. The number of hydrogen-bond donors (Lipinski definition) is 4. The number of nitrogens with one attached hydrogen (secondary N) is 2. The summed E-state index contributed by atoms with van der Waals surface area (Å²) in [6, 6.07) is 0.0888. The summed E-state index contributed by atoms with van der Waals surface area (Å²) in [5.41, 5.74) is 11.1. The number of nitrogens with zero attached hydrogens (tertiary/aromatic N) is 4. The van der Waals surface area contributed by atoms with E-state index in [0.717, 1.165) is 25.5 Å². The van der Waals surface area contributed by atoms with Crippen LogP contribution in [0.1, 0.15) is 60.8 Å². The summed E-state index contributed by atoms with van der Waals surface area (Å²) in [5.74, 6) is 0.372. The number of rotatable bonds is 9. The van der Waals surface area contributed by atoms with Gasteiger partial charge < -0.3 is 22.1 Å². The topological polar surface area (TPSA) is 128 Å². The summed E-state index contributed by atoms with van der Waals surface area (Å²) in [7, 11) is 0. The molecule has 2 aromatic rings. The average molecular weight is 453 g/mol. The van der Waals surface area contributed by atoms with Gasteiger partial charge in [0.25, 0.3) is 0 Å². The predicted molar refractivity (Wildman–Crippen MR) is 125 cm³/mol. The number of aromatic nitrogens is 4. The summed E-state index contributed by atoms with van der Waals surface area (Å²) >= 11 is 6.19. The van der Waals surface area contributed by atoms with Crippen LogP contribution in [0.5, 0.6) is 0 Å². The van der Waals surface area contributed by atoms with Crippen molar-refractivity contribution in [3.05, 3.63) is 23.2 Å². The van der Waals surface area contributed by atoms with Crippen LogP contribution in [0, 0.1) is 16.6 Å². The van der Waals surface area contributed by atoms with Crippen molar-refractivity contribution in [1.29, 1.82) is 0 Å². The second-order valence-electron chi connectivity index (χ2n) is 9.66. The molecule has 172 valence electrons. The van der Waals surface area contributed by atoms with Gasteiger partial charge in [0.15, 0.2) is 17.5 Å². The molecule has 2 heterocycles. The van der Waals surface area contributed by atoms with E-state index in [-0.39, 0.29) is 40.6 Å². The monoisotopic (exact) mass is 452 g/mol. The molecule has 0 bridgehead atoms. The lowest BCUT2D eigenvalue weighted by molar-refractivity contribution is 0.258. The van der Waals surface area contributed by atoms with Crippen molar-refractivity contribution in [3.8, 4) is 0 Å². The third-order valence-corrected chi connectivity index (χ3v) is 6.00. The van der Waals surface area contributed by atoms with E-state index in [1.54, 1.807) is 0 Å². The van der Waals surface area contributed by atoms with Gasteiger partial charge in [0.05, 0.1) is 12.4 Å². The first-order valence-electron chi connectivity index (χ1n) is 10.4. The van der Waals surface area contributed by atoms with Crippen molar-refractivity contribution in [2.75, 3.05) is 22.1 Å². The minimum Gasteiger partial charge on any atom is -0.368 e. The van der Waals surface area contributed by atoms with E-state index < -0.39 is 5.82 Å². The van der Waals surface area contributed by atoms with Crippen LogP contribution in [0.15, 0.2) is 12.4 Å². The van der Waals surface area contributed by atoms with Gasteiger partial charge in [-0.3, -0.25) is 0 Å². The smallest absolute Gasteiger partial charge is 0.222 e. The fourth-order valence-electron chi connectivity index (χ4n) is 3.23. The molecule has 0 aliphatic rings. The molecule has 8 nitrogen and oxygen atoms in total. The van der Waals surface area contributed by atoms with E-state index in [9.17, 15) is 4.39 Å². The highest BCUT2D eigenvalue weighted by atomic mass is 35.5. The van der Waals surface area contributed by atoms with Gasteiger partial charge in [0.1, 0.15) is 5.02 Å². The zero-order valence-electron chi connectivity index (χ0n) is 19.1. The molecule has 10 heteroatoms. The van der Waals surface area contributed by atoms with Crippen LogP contribution in [0.3, 0.4) is 0 Å². The Balaban J connectivity index is 2.01. The van der Waals surface area contributed by atoms with Crippen LogP contribution in [0.4, 0.5) is 27.9 Å². The van der Waals surface area contributed by atoms with Gasteiger partial charge in [-0.1, -0.05) is 52.6 Å². The Kier molecular flexibility index (Phi) is 7.86. The Morgan fingerprint density at radius 3 is 2.19 bits per heavy atom. The van der Waals surface area contributed by atoms with Gasteiger partial charge in [-0.25, -0.2) is 14.4 Å². The molecular weight excluding hydrogens is 419 g/mol. The average Bonchev–Trinajstić information content (AvgIpc) is 2.65. The first kappa shape index (κ1) is 24.8. The molecule has 31 heavy (non-hydrogen) atoms. The lowest BCUT2D eigenvalue weighted by Crippen LogP contribution is -2.37. The van der Waals surface area contributed by atoms with Crippen molar-refractivity contribution in [2.45, 2.75) is 72.9 Å². The maximum Gasteiger partial charge on any atom is 0.222 e. The minimum atomic E-state index is -0.511. The molecular formula is C21H34ClFN8. The highest BCUT2D eigenvalue weighted by molar-refractivity contribution is 6.32. The van der Waals surface area contributed by atoms with Crippen LogP contribution in [0.25, 0.3) is 0 Å².